The summed E-state index contributed by atoms with van der Waals surface area (Å²) in [6, 6.07) is 0. The number of rotatable bonds is 2. The SMILES string of the molecule is O=[N+]([O-])c1c(O)nc(CO)nc1O. The van der Waals surface area contributed by atoms with Gasteiger partial charge in [-0.05, 0) is 0 Å². The average Bonchev–Trinajstić information content (AvgIpc) is 2.02. The second kappa shape index (κ2) is 3.19. The zero-order valence-electron chi connectivity index (χ0n) is 6.21. The summed E-state index contributed by atoms with van der Waals surface area (Å²) in [6.45, 7) is -0.626. The molecule has 0 bridgehead atoms. The van der Waals surface area contributed by atoms with Crippen molar-refractivity contribution in [2.45, 2.75) is 6.61 Å². The summed E-state index contributed by atoms with van der Waals surface area (Å²) >= 11 is 0. The van der Waals surface area contributed by atoms with Crippen LogP contribution < -0.4 is 0 Å². The first-order valence-electron chi connectivity index (χ1n) is 3.10. The second-order valence-corrected chi connectivity index (χ2v) is 2.05. The maximum Gasteiger partial charge on any atom is 0.391 e. The molecule has 3 N–H and O–H groups in total. The first kappa shape index (κ1) is 9.13. The molecule has 8 nitrogen and oxygen atoms in total. The van der Waals surface area contributed by atoms with Crippen molar-refractivity contribution in [2.75, 3.05) is 0 Å². The molecule has 1 rings (SSSR count). The highest BCUT2D eigenvalue weighted by atomic mass is 16.6. The number of aromatic hydroxyl groups is 2. The molecule has 13 heavy (non-hydrogen) atoms. The Morgan fingerprint density at radius 2 is 1.77 bits per heavy atom. The number of hydrogen-bond donors (Lipinski definition) is 3. The molecule has 0 aliphatic rings. The van der Waals surface area contributed by atoms with Crippen molar-refractivity contribution in [3.63, 3.8) is 0 Å². The molecule has 0 aliphatic carbocycles. The summed E-state index contributed by atoms with van der Waals surface area (Å²) in [4.78, 5) is 15.5. The van der Waals surface area contributed by atoms with Crippen molar-refractivity contribution in [3.8, 4) is 11.8 Å². The largest absolute Gasteiger partial charge is 0.488 e. The quantitative estimate of drug-likeness (QED) is 0.411. The summed E-state index contributed by atoms with van der Waals surface area (Å²) in [5, 5.41) is 36.5. The summed E-state index contributed by atoms with van der Waals surface area (Å²) in [6.07, 6.45) is 0. The highest BCUT2D eigenvalue weighted by Gasteiger charge is 2.23. The molecule has 1 aromatic heterocycles. The van der Waals surface area contributed by atoms with E-state index >= 15 is 0 Å². The van der Waals surface area contributed by atoms with Gasteiger partial charge in [-0.2, -0.15) is 9.97 Å². The van der Waals surface area contributed by atoms with E-state index in [-0.39, 0.29) is 5.82 Å². The first-order valence-corrected chi connectivity index (χ1v) is 3.10. The molecule has 0 aliphatic heterocycles. The van der Waals surface area contributed by atoms with Gasteiger partial charge in [0.15, 0.2) is 5.82 Å². The Balaban J connectivity index is 3.31. The molecule has 0 spiro atoms. The molecule has 0 amide bonds. The normalized spacial score (nSPS) is 9.92. The van der Waals surface area contributed by atoms with Crippen molar-refractivity contribution >= 4 is 5.69 Å². The van der Waals surface area contributed by atoms with Gasteiger partial charge in [-0.3, -0.25) is 10.1 Å². The Bertz CT molecular complexity index is 329. The van der Waals surface area contributed by atoms with Gasteiger partial charge in [0, 0.05) is 0 Å². The zero-order chi connectivity index (χ0) is 10.0. The number of nitro groups is 1. The van der Waals surface area contributed by atoms with Crippen molar-refractivity contribution in [1.82, 2.24) is 9.97 Å². The standard InChI is InChI=1S/C5H5N3O5/c9-1-2-6-4(10)3(8(12)13)5(11)7-2/h9H,1H2,(H2,6,7,10,11). The predicted molar refractivity (Wildman–Crippen MR) is 37.9 cm³/mol. The molecule has 0 radical (unpaired) electrons. The van der Waals surface area contributed by atoms with E-state index in [1.807, 2.05) is 0 Å². The number of aromatic nitrogens is 2. The highest BCUT2D eigenvalue weighted by molar-refractivity contribution is 5.47. The second-order valence-electron chi connectivity index (χ2n) is 2.05. The van der Waals surface area contributed by atoms with Crippen LogP contribution in [0.5, 0.6) is 11.8 Å². The summed E-state index contributed by atoms with van der Waals surface area (Å²) in [5.74, 6) is -2.23. The van der Waals surface area contributed by atoms with Crippen LogP contribution in [0.25, 0.3) is 0 Å². The van der Waals surface area contributed by atoms with Gasteiger partial charge in [0.25, 0.3) is 11.8 Å². The lowest BCUT2D eigenvalue weighted by atomic mass is 10.4. The van der Waals surface area contributed by atoms with E-state index < -0.39 is 29.0 Å². The minimum absolute atomic E-state index is 0.291. The van der Waals surface area contributed by atoms with Crippen LogP contribution in [0.3, 0.4) is 0 Å². The number of nitrogens with zero attached hydrogens (tertiary/aromatic N) is 3. The van der Waals surface area contributed by atoms with E-state index in [1.165, 1.54) is 0 Å². The van der Waals surface area contributed by atoms with E-state index in [2.05, 4.69) is 9.97 Å². The van der Waals surface area contributed by atoms with Gasteiger partial charge in [0.05, 0.1) is 4.92 Å². The molecule has 0 saturated heterocycles. The lowest BCUT2D eigenvalue weighted by molar-refractivity contribution is -0.387. The van der Waals surface area contributed by atoms with Gasteiger partial charge in [0.1, 0.15) is 6.61 Å². The monoisotopic (exact) mass is 187 g/mol. The van der Waals surface area contributed by atoms with Crippen LogP contribution in [-0.4, -0.2) is 30.2 Å². The first-order chi connectivity index (χ1) is 6.06. The molecule has 0 unspecified atom stereocenters. The van der Waals surface area contributed by atoms with E-state index in [1.54, 1.807) is 0 Å². The fourth-order valence-corrected chi connectivity index (χ4v) is 0.709. The van der Waals surface area contributed by atoms with Gasteiger partial charge in [0.2, 0.25) is 0 Å². The average molecular weight is 187 g/mol. The summed E-state index contributed by atoms with van der Waals surface area (Å²) in [5.41, 5.74) is -0.975. The Morgan fingerprint density at radius 1 is 1.31 bits per heavy atom. The van der Waals surface area contributed by atoms with E-state index in [0.717, 1.165) is 0 Å². The lowest BCUT2D eigenvalue weighted by Gasteiger charge is -1.98. The molecule has 0 fully saturated rings. The van der Waals surface area contributed by atoms with Crippen LogP contribution >= 0.6 is 0 Å². The van der Waals surface area contributed by atoms with Gasteiger partial charge in [-0.1, -0.05) is 0 Å². The maximum absolute atomic E-state index is 10.2. The number of aliphatic hydroxyl groups excluding tert-OH is 1. The molecule has 1 heterocycles. The molecule has 1 aromatic rings. The van der Waals surface area contributed by atoms with Crippen LogP contribution in [0, 0.1) is 10.1 Å². The number of hydrogen-bond acceptors (Lipinski definition) is 7. The summed E-state index contributed by atoms with van der Waals surface area (Å²) in [7, 11) is 0. The van der Waals surface area contributed by atoms with Crippen LogP contribution in [0.2, 0.25) is 0 Å². The van der Waals surface area contributed by atoms with Crippen LogP contribution in [0.1, 0.15) is 5.82 Å². The van der Waals surface area contributed by atoms with Crippen LogP contribution in [-0.2, 0) is 6.61 Å². The van der Waals surface area contributed by atoms with Gasteiger partial charge in [-0.25, -0.2) is 0 Å². The van der Waals surface area contributed by atoms with Crippen LogP contribution in [0.4, 0.5) is 5.69 Å². The fraction of sp³-hybridized carbons (Fsp3) is 0.200. The molecule has 0 saturated carbocycles. The zero-order valence-corrected chi connectivity index (χ0v) is 6.21. The van der Waals surface area contributed by atoms with Crippen molar-refractivity contribution in [3.05, 3.63) is 15.9 Å². The molecule has 8 heteroatoms. The molecule has 0 aromatic carbocycles. The summed E-state index contributed by atoms with van der Waals surface area (Å²) < 4.78 is 0. The predicted octanol–water partition coefficient (Wildman–Crippen LogP) is -0.712. The van der Waals surface area contributed by atoms with Crippen molar-refractivity contribution < 1.29 is 20.2 Å². The third-order valence-corrected chi connectivity index (χ3v) is 1.22. The minimum Gasteiger partial charge on any atom is -0.488 e. The Hall–Kier alpha value is -1.96. The molecular weight excluding hydrogens is 182 g/mol. The smallest absolute Gasteiger partial charge is 0.391 e. The minimum atomic E-state index is -1.02. The van der Waals surface area contributed by atoms with Gasteiger partial charge < -0.3 is 15.3 Å². The maximum atomic E-state index is 10.2. The third-order valence-electron chi connectivity index (χ3n) is 1.22. The van der Waals surface area contributed by atoms with Crippen molar-refractivity contribution in [2.24, 2.45) is 0 Å². The number of aliphatic hydroxyl groups is 1. The highest BCUT2D eigenvalue weighted by Crippen LogP contribution is 2.30. The van der Waals surface area contributed by atoms with Gasteiger partial charge >= 0.3 is 5.69 Å². The topological polar surface area (TPSA) is 130 Å². The van der Waals surface area contributed by atoms with E-state index in [4.69, 9.17) is 15.3 Å². The molecular formula is C5H5N3O5. The van der Waals surface area contributed by atoms with E-state index in [0.29, 0.717) is 0 Å². The fourth-order valence-electron chi connectivity index (χ4n) is 0.709. The Morgan fingerprint density at radius 3 is 2.08 bits per heavy atom. The van der Waals surface area contributed by atoms with E-state index in [9.17, 15) is 10.1 Å². The van der Waals surface area contributed by atoms with Crippen molar-refractivity contribution in [1.29, 1.82) is 0 Å². The van der Waals surface area contributed by atoms with Gasteiger partial charge in [-0.15, -0.1) is 0 Å². The van der Waals surface area contributed by atoms with Crippen LogP contribution in [0.15, 0.2) is 0 Å². The molecule has 0 atom stereocenters. The Labute approximate surface area is 71.3 Å². The third kappa shape index (κ3) is 1.62. The Kier molecular flexibility index (Phi) is 2.24. The lowest BCUT2D eigenvalue weighted by Crippen LogP contribution is -1.99. The molecule has 70 valence electrons.